The summed E-state index contributed by atoms with van der Waals surface area (Å²) < 4.78 is 17.3. The van der Waals surface area contributed by atoms with E-state index in [4.69, 9.17) is 14.2 Å². The number of carbonyl (C=O) groups excluding carboxylic acids is 2. The quantitative estimate of drug-likeness (QED) is 0.121. The Bertz CT molecular complexity index is 1190. The first kappa shape index (κ1) is 24.0. The lowest BCUT2D eigenvalue weighted by Gasteiger charge is -2.15. The highest BCUT2D eigenvalue weighted by Crippen LogP contribution is 2.35. The highest BCUT2D eigenvalue weighted by Gasteiger charge is 2.23. The first-order chi connectivity index (χ1) is 16.0. The van der Waals surface area contributed by atoms with Crippen molar-refractivity contribution in [1.82, 2.24) is 0 Å². The fourth-order valence-electron chi connectivity index (χ4n) is 3.05. The number of ether oxygens (including phenoxy) is 3. The number of hydrogen-bond acceptors (Lipinski definition) is 6. The van der Waals surface area contributed by atoms with E-state index in [1.807, 2.05) is 73.7 Å². The minimum atomic E-state index is -0.765. The third-order valence-corrected chi connectivity index (χ3v) is 5.38. The predicted octanol–water partition coefficient (Wildman–Crippen LogP) is 5.73. The Hall–Kier alpha value is -3.67. The van der Waals surface area contributed by atoms with Crippen molar-refractivity contribution < 1.29 is 23.8 Å². The molecule has 33 heavy (non-hydrogen) atoms. The van der Waals surface area contributed by atoms with Crippen molar-refractivity contribution in [3.05, 3.63) is 105 Å². The zero-order chi connectivity index (χ0) is 23.6. The van der Waals surface area contributed by atoms with Gasteiger partial charge in [0.2, 0.25) is 11.8 Å². The van der Waals surface area contributed by atoms with Crippen LogP contribution in [0, 0.1) is 6.92 Å². The van der Waals surface area contributed by atoms with Gasteiger partial charge in [-0.2, -0.15) is 4.99 Å². The van der Waals surface area contributed by atoms with Gasteiger partial charge >= 0.3 is 5.97 Å². The lowest BCUT2D eigenvalue weighted by molar-refractivity contribution is -0.140. The number of methoxy groups -OCH3 is 1. The Balaban J connectivity index is 2.01. The summed E-state index contributed by atoms with van der Waals surface area (Å²) in [6, 6.07) is 22.6. The fourth-order valence-corrected chi connectivity index (χ4v) is 3.70. The molecule has 0 saturated carbocycles. The molecule has 0 atom stereocenters. The van der Waals surface area contributed by atoms with Crippen LogP contribution in [0.3, 0.4) is 0 Å². The molecular formula is C26H22BrNO5. The Morgan fingerprint density at radius 1 is 0.970 bits per heavy atom. The minimum absolute atomic E-state index is 0.00998. The van der Waals surface area contributed by atoms with Crippen molar-refractivity contribution in [3.8, 4) is 5.75 Å². The van der Waals surface area contributed by atoms with Crippen molar-refractivity contribution in [2.75, 3.05) is 7.11 Å². The molecule has 3 aromatic rings. The maximum atomic E-state index is 12.6. The molecule has 0 spiro atoms. The second kappa shape index (κ2) is 11.8. The van der Waals surface area contributed by atoms with E-state index in [2.05, 4.69) is 20.9 Å². The summed E-state index contributed by atoms with van der Waals surface area (Å²) in [5, 5.41) is 0. The number of benzene rings is 3. The number of carbonyl (C=O) groups is 1. The van der Waals surface area contributed by atoms with Crippen molar-refractivity contribution in [2.45, 2.75) is 20.1 Å². The van der Waals surface area contributed by atoms with Gasteiger partial charge in [0.05, 0.1) is 7.11 Å². The van der Waals surface area contributed by atoms with Gasteiger partial charge < -0.3 is 14.2 Å². The summed E-state index contributed by atoms with van der Waals surface area (Å²) in [4.78, 5) is 27.6. The van der Waals surface area contributed by atoms with Crippen molar-refractivity contribution in [1.29, 1.82) is 0 Å². The zero-order valence-corrected chi connectivity index (χ0v) is 19.8. The van der Waals surface area contributed by atoms with Gasteiger partial charge in [0, 0.05) is 10.0 Å². The maximum absolute atomic E-state index is 12.6. The molecular weight excluding hydrogens is 486 g/mol. The van der Waals surface area contributed by atoms with Gasteiger partial charge in [-0.25, -0.2) is 9.59 Å². The second-order valence-corrected chi connectivity index (χ2v) is 7.87. The number of hydrogen-bond donors (Lipinski definition) is 0. The van der Waals surface area contributed by atoms with Gasteiger partial charge in [-0.3, -0.25) is 0 Å². The predicted molar refractivity (Wildman–Crippen MR) is 128 cm³/mol. The van der Waals surface area contributed by atoms with Crippen molar-refractivity contribution in [2.24, 2.45) is 4.99 Å². The summed E-state index contributed by atoms with van der Waals surface area (Å²) >= 11 is 3.50. The third-order valence-electron chi connectivity index (χ3n) is 4.73. The fraction of sp³-hybridized carbons (Fsp3) is 0.154. The van der Waals surface area contributed by atoms with Crippen LogP contribution < -0.4 is 4.74 Å². The van der Waals surface area contributed by atoms with Gasteiger partial charge in [0.25, 0.3) is 0 Å². The van der Waals surface area contributed by atoms with Gasteiger partial charge in [-0.05, 0) is 35.7 Å². The smallest absolute Gasteiger partial charge is 0.375 e. The largest absolute Gasteiger partial charge is 0.489 e. The average Bonchev–Trinajstić information content (AvgIpc) is 2.84. The summed E-state index contributed by atoms with van der Waals surface area (Å²) in [7, 11) is 1.23. The molecule has 0 bridgehead atoms. The molecule has 3 aromatic carbocycles. The summed E-state index contributed by atoms with van der Waals surface area (Å²) in [6.45, 7) is 2.34. The zero-order valence-electron chi connectivity index (χ0n) is 18.2. The lowest BCUT2D eigenvalue weighted by Crippen LogP contribution is -2.11. The van der Waals surface area contributed by atoms with Gasteiger partial charge in [-0.1, -0.05) is 76.6 Å². The topological polar surface area (TPSA) is 74.2 Å². The van der Waals surface area contributed by atoms with E-state index in [1.54, 1.807) is 6.07 Å². The van der Waals surface area contributed by atoms with Crippen LogP contribution in [0.15, 0.2) is 88.0 Å². The van der Waals surface area contributed by atoms with E-state index in [-0.39, 0.29) is 18.1 Å². The second-order valence-electron chi connectivity index (χ2n) is 7.02. The molecule has 0 heterocycles. The van der Waals surface area contributed by atoms with Crippen LogP contribution in [0.2, 0.25) is 0 Å². The van der Waals surface area contributed by atoms with Gasteiger partial charge in [0.1, 0.15) is 24.7 Å². The van der Waals surface area contributed by atoms with Crippen LogP contribution in [-0.2, 0) is 32.3 Å². The number of esters is 1. The van der Waals surface area contributed by atoms with Crippen LogP contribution in [0.1, 0.15) is 22.3 Å². The van der Waals surface area contributed by atoms with Crippen LogP contribution in [0.5, 0.6) is 5.75 Å². The van der Waals surface area contributed by atoms with E-state index in [1.165, 1.54) is 13.2 Å². The average molecular weight is 508 g/mol. The van der Waals surface area contributed by atoms with Gasteiger partial charge in [0.15, 0.2) is 0 Å². The number of aliphatic imine (C=N–C) groups is 1. The summed E-state index contributed by atoms with van der Waals surface area (Å²) in [5.41, 5.74) is 3.12. The maximum Gasteiger partial charge on any atom is 0.375 e. The van der Waals surface area contributed by atoms with Crippen molar-refractivity contribution in [3.63, 3.8) is 0 Å². The molecule has 0 amide bonds. The molecule has 0 fully saturated rings. The molecule has 0 aromatic heterocycles. The Morgan fingerprint density at radius 2 is 1.58 bits per heavy atom. The van der Waals surface area contributed by atoms with E-state index >= 15 is 0 Å². The summed E-state index contributed by atoms with van der Waals surface area (Å²) in [6.07, 6.45) is 1.51. The van der Waals surface area contributed by atoms with E-state index in [9.17, 15) is 9.59 Å². The number of rotatable bonds is 9. The molecule has 0 N–H and O–H groups in total. The van der Waals surface area contributed by atoms with Crippen LogP contribution in [0.25, 0.3) is 5.70 Å². The van der Waals surface area contributed by atoms with E-state index in [0.29, 0.717) is 22.4 Å². The van der Waals surface area contributed by atoms with Crippen molar-refractivity contribution >= 4 is 33.7 Å². The highest BCUT2D eigenvalue weighted by atomic mass is 79.9. The summed E-state index contributed by atoms with van der Waals surface area (Å²) in [5.74, 6) is -0.398. The minimum Gasteiger partial charge on any atom is -0.489 e. The molecule has 7 heteroatoms. The number of isocyanates is 1. The molecule has 0 unspecified atom stereocenters. The van der Waals surface area contributed by atoms with E-state index < -0.39 is 5.97 Å². The molecule has 0 aliphatic rings. The van der Waals surface area contributed by atoms with Crippen LogP contribution in [0.4, 0.5) is 0 Å². The first-order valence-corrected chi connectivity index (χ1v) is 10.9. The third kappa shape index (κ3) is 6.42. The Morgan fingerprint density at radius 3 is 2.15 bits per heavy atom. The molecule has 0 saturated heterocycles. The molecule has 168 valence electrons. The molecule has 6 nitrogen and oxygen atoms in total. The SMILES string of the molecule is COC(=O)C(OCc1ccccc1)=C(N=C=O)c1cc(OCc2ccccc2)c(C)cc1Br. The monoisotopic (exact) mass is 507 g/mol. The Kier molecular flexibility index (Phi) is 8.58. The van der Waals surface area contributed by atoms with Crippen LogP contribution in [-0.4, -0.2) is 19.2 Å². The molecule has 0 aliphatic heterocycles. The van der Waals surface area contributed by atoms with Crippen LogP contribution >= 0.6 is 15.9 Å². The van der Waals surface area contributed by atoms with E-state index in [0.717, 1.165) is 16.7 Å². The van der Waals surface area contributed by atoms with Gasteiger partial charge in [-0.15, -0.1) is 0 Å². The number of nitrogens with zero attached hydrogens (tertiary/aromatic N) is 1. The lowest BCUT2D eigenvalue weighted by atomic mass is 10.1. The normalized spacial score (nSPS) is 11.1. The standard InChI is InChI=1S/C26H22BrNO5/c1-18-13-22(27)21(14-23(18)32-15-19-9-5-3-6-10-19)24(28-17-29)25(26(30)31-2)33-16-20-11-7-4-8-12-20/h3-14H,15-16H2,1-2H3. The molecule has 3 rings (SSSR count). The molecule has 0 radical (unpaired) electrons. The number of aryl methyl sites for hydroxylation is 1. The molecule has 0 aliphatic carbocycles. The highest BCUT2D eigenvalue weighted by molar-refractivity contribution is 9.10. The first-order valence-electron chi connectivity index (χ1n) is 10.1. The Labute approximate surface area is 200 Å². The number of halogens is 1.